The minimum Gasteiger partial charge on any atom is -0.383 e. The maximum absolute atomic E-state index is 5.16. The van der Waals surface area contributed by atoms with Crippen LogP contribution in [0.2, 0.25) is 0 Å². The second-order valence-electron chi connectivity index (χ2n) is 6.77. The zero-order chi connectivity index (χ0) is 16.9. The molecule has 1 atom stereocenters. The fourth-order valence-electron chi connectivity index (χ4n) is 3.08. The third kappa shape index (κ3) is 9.16. The van der Waals surface area contributed by atoms with Crippen LogP contribution in [0.25, 0.3) is 0 Å². The van der Waals surface area contributed by atoms with E-state index in [1.165, 1.54) is 51.6 Å². The van der Waals surface area contributed by atoms with Gasteiger partial charge in [0.05, 0.1) is 6.61 Å². The zero-order valence-corrected chi connectivity index (χ0v) is 15.7. The molecule has 136 valence electrons. The molecule has 0 radical (unpaired) electrons. The van der Waals surface area contributed by atoms with Gasteiger partial charge in [-0.25, -0.2) is 0 Å². The molecule has 1 rings (SSSR count). The van der Waals surface area contributed by atoms with Gasteiger partial charge in [0, 0.05) is 33.3 Å². The van der Waals surface area contributed by atoms with Crippen molar-refractivity contribution in [2.24, 2.45) is 10.9 Å². The molecule has 0 saturated carbocycles. The number of nitrogens with zero attached hydrogens (tertiary/aromatic N) is 2. The van der Waals surface area contributed by atoms with Gasteiger partial charge in [-0.15, -0.1) is 0 Å². The maximum atomic E-state index is 5.16. The average molecular weight is 327 g/mol. The molecule has 1 heterocycles. The zero-order valence-electron chi connectivity index (χ0n) is 15.7. The highest BCUT2D eigenvalue weighted by molar-refractivity contribution is 5.79. The van der Waals surface area contributed by atoms with Crippen LogP contribution in [0, 0.1) is 5.92 Å². The minimum atomic E-state index is 0.489. The van der Waals surface area contributed by atoms with Gasteiger partial charge in [0.1, 0.15) is 0 Å². The summed E-state index contributed by atoms with van der Waals surface area (Å²) in [6.07, 6.45) is 7.63. The number of unbranched alkanes of at least 4 members (excludes halogenated alkanes) is 2. The lowest BCUT2D eigenvalue weighted by molar-refractivity contribution is 0.121. The van der Waals surface area contributed by atoms with Crippen LogP contribution in [0.15, 0.2) is 4.99 Å². The van der Waals surface area contributed by atoms with E-state index < -0.39 is 0 Å². The monoisotopic (exact) mass is 326 g/mol. The fraction of sp³-hybridized carbons (Fsp3) is 0.944. The Balaban J connectivity index is 2.17. The van der Waals surface area contributed by atoms with E-state index in [4.69, 9.17) is 4.74 Å². The smallest absolute Gasteiger partial charge is 0.191 e. The summed E-state index contributed by atoms with van der Waals surface area (Å²) in [6, 6.07) is 0.489. The summed E-state index contributed by atoms with van der Waals surface area (Å²) in [5.41, 5.74) is 0. The number of ether oxygens (including phenoxy) is 1. The van der Waals surface area contributed by atoms with Crippen LogP contribution in [-0.4, -0.2) is 63.8 Å². The SMILES string of the molecule is CCCCCC(C)NC(=NC)NCC1CCN(CCOC)CC1. The van der Waals surface area contributed by atoms with Crippen molar-refractivity contribution < 1.29 is 4.74 Å². The van der Waals surface area contributed by atoms with Crippen LogP contribution in [0.1, 0.15) is 52.4 Å². The second kappa shape index (κ2) is 12.6. The van der Waals surface area contributed by atoms with Gasteiger partial charge in [-0.05, 0) is 45.2 Å². The van der Waals surface area contributed by atoms with Gasteiger partial charge >= 0.3 is 0 Å². The quantitative estimate of drug-likeness (QED) is 0.368. The maximum Gasteiger partial charge on any atom is 0.191 e. The van der Waals surface area contributed by atoms with Crippen molar-refractivity contribution in [3.05, 3.63) is 0 Å². The van der Waals surface area contributed by atoms with E-state index in [1.807, 2.05) is 7.05 Å². The highest BCUT2D eigenvalue weighted by atomic mass is 16.5. The van der Waals surface area contributed by atoms with Gasteiger partial charge < -0.3 is 20.3 Å². The predicted octanol–water partition coefficient (Wildman–Crippen LogP) is 2.48. The Morgan fingerprint density at radius 2 is 2.04 bits per heavy atom. The minimum absolute atomic E-state index is 0.489. The number of hydrogen-bond donors (Lipinski definition) is 2. The van der Waals surface area contributed by atoms with E-state index in [-0.39, 0.29) is 0 Å². The molecule has 0 aromatic heterocycles. The van der Waals surface area contributed by atoms with E-state index in [1.54, 1.807) is 7.11 Å². The van der Waals surface area contributed by atoms with Gasteiger partial charge in [0.2, 0.25) is 0 Å². The third-order valence-electron chi connectivity index (χ3n) is 4.72. The summed E-state index contributed by atoms with van der Waals surface area (Å²) in [7, 11) is 3.64. The summed E-state index contributed by atoms with van der Waals surface area (Å²) >= 11 is 0. The number of likely N-dealkylation sites (tertiary alicyclic amines) is 1. The third-order valence-corrected chi connectivity index (χ3v) is 4.72. The van der Waals surface area contributed by atoms with E-state index in [9.17, 15) is 0 Å². The van der Waals surface area contributed by atoms with Crippen molar-refractivity contribution in [3.63, 3.8) is 0 Å². The van der Waals surface area contributed by atoms with Gasteiger partial charge in [0.25, 0.3) is 0 Å². The van der Waals surface area contributed by atoms with Gasteiger partial charge in [-0.3, -0.25) is 4.99 Å². The van der Waals surface area contributed by atoms with Gasteiger partial charge in [0.15, 0.2) is 5.96 Å². The van der Waals surface area contributed by atoms with Crippen LogP contribution in [0.4, 0.5) is 0 Å². The number of rotatable bonds is 10. The first kappa shape index (κ1) is 20.2. The van der Waals surface area contributed by atoms with E-state index >= 15 is 0 Å². The highest BCUT2D eigenvalue weighted by Gasteiger charge is 2.19. The number of piperidine rings is 1. The van der Waals surface area contributed by atoms with E-state index in [2.05, 4.69) is 34.4 Å². The summed E-state index contributed by atoms with van der Waals surface area (Å²) in [5.74, 6) is 1.71. The van der Waals surface area contributed by atoms with Crippen molar-refractivity contribution in [1.29, 1.82) is 0 Å². The molecular weight excluding hydrogens is 288 g/mol. The molecule has 1 aliphatic rings. The van der Waals surface area contributed by atoms with E-state index in [0.29, 0.717) is 6.04 Å². The first-order valence-electron chi connectivity index (χ1n) is 9.38. The number of methoxy groups -OCH3 is 1. The first-order chi connectivity index (χ1) is 11.2. The van der Waals surface area contributed by atoms with Gasteiger partial charge in [-0.2, -0.15) is 0 Å². The molecule has 0 bridgehead atoms. The summed E-state index contributed by atoms with van der Waals surface area (Å²) in [6.45, 7) is 9.81. The Morgan fingerprint density at radius 3 is 2.65 bits per heavy atom. The van der Waals surface area contributed by atoms with Crippen molar-refractivity contribution in [1.82, 2.24) is 15.5 Å². The summed E-state index contributed by atoms with van der Waals surface area (Å²) in [5, 5.41) is 7.03. The van der Waals surface area contributed by atoms with Crippen molar-refractivity contribution in [3.8, 4) is 0 Å². The first-order valence-corrected chi connectivity index (χ1v) is 9.38. The Bertz CT molecular complexity index is 314. The molecule has 0 aromatic rings. The normalized spacial score (nSPS) is 18.9. The Hall–Kier alpha value is -0.810. The molecular formula is C18H38N4O. The summed E-state index contributed by atoms with van der Waals surface area (Å²) < 4.78 is 5.16. The molecule has 1 unspecified atom stereocenters. The second-order valence-corrected chi connectivity index (χ2v) is 6.77. The van der Waals surface area contributed by atoms with Crippen LogP contribution in [0.5, 0.6) is 0 Å². The molecule has 1 aliphatic heterocycles. The molecule has 23 heavy (non-hydrogen) atoms. The number of hydrogen-bond acceptors (Lipinski definition) is 3. The largest absolute Gasteiger partial charge is 0.383 e. The van der Waals surface area contributed by atoms with Crippen molar-refractivity contribution in [2.45, 2.75) is 58.4 Å². The molecule has 2 N–H and O–H groups in total. The standard InChI is InChI=1S/C18H38N4O/c1-5-6-7-8-16(2)21-18(19-3)20-15-17-9-11-22(12-10-17)13-14-23-4/h16-17H,5-15H2,1-4H3,(H2,19,20,21). The van der Waals surface area contributed by atoms with Crippen molar-refractivity contribution >= 4 is 5.96 Å². The Morgan fingerprint density at radius 1 is 1.30 bits per heavy atom. The van der Waals surface area contributed by atoms with Crippen LogP contribution in [-0.2, 0) is 4.74 Å². The molecule has 0 spiro atoms. The fourth-order valence-corrected chi connectivity index (χ4v) is 3.08. The topological polar surface area (TPSA) is 48.9 Å². The van der Waals surface area contributed by atoms with Crippen LogP contribution in [0.3, 0.4) is 0 Å². The molecule has 1 fully saturated rings. The Labute approximate surface area is 143 Å². The van der Waals surface area contributed by atoms with Crippen LogP contribution >= 0.6 is 0 Å². The summed E-state index contributed by atoms with van der Waals surface area (Å²) in [4.78, 5) is 6.87. The number of aliphatic imine (C=N–C) groups is 1. The molecule has 0 aliphatic carbocycles. The van der Waals surface area contributed by atoms with Crippen LogP contribution < -0.4 is 10.6 Å². The Kier molecular flexibility index (Phi) is 11.1. The molecule has 5 heteroatoms. The number of guanidine groups is 1. The highest BCUT2D eigenvalue weighted by Crippen LogP contribution is 2.15. The lowest BCUT2D eigenvalue weighted by Gasteiger charge is -2.32. The molecule has 0 amide bonds. The predicted molar refractivity (Wildman–Crippen MR) is 99.1 cm³/mol. The lowest BCUT2D eigenvalue weighted by Crippen LogP contribution is -2.45. The molecule has 1 saturated heterocycles. The molecule has 0 aromatic carbocycles. The lowest BCUT2D eigenvalue weighted by atomic mass is 9.97. The van der Waals surface area contributed by atoms with Crippen molar-refractivity contribution in [2.75, 3.05) is 46.9 Å². The van der Waals surface area contributed by atoms with E-state index in [0.717, 1.165) is 31.6 Å². The van der Waals surface area contributed by atoms with Gasteiger partial charge in [-0.1, -0.05) is 26.2 Å². The number of nitrogens with one attached hydrogen (secondary N) is 2. The molecule has 5 nitrogen and oxygen atoms in total. The average Bonchev–Trinajstić information content (AvgIpc) is 2.58.